The maximum atomic E-state index is 12.9. The Hall–Kier alpha value is -3.07. The highest BCUT2D eigenvalue weighted by atomic mass is 16.5. The Morgan fingerprint density at radius 2 is 2.15 bits per heavy atom. The molecule has 1 aromatic carbocycles. The topological polar surface area (TPSA) is 104 Å². The second-order valence-corrected chi connectivity index (χ2v) is 6.62. The van der Waals surface area contributed by atoms with Crippen molar-refractivity contribution in [2.24, 2.45) is 0 Å². The van der Waals surface area contributed by atoms with Gasteiger partial charge in [0.1, 0.15) is 6.33 Å². The number of nitrogens with zero attached hydrogens (tertiary/aromatic N) is 6. The van der Waals surface area contributed by atoms with E-state index in [2.05, 4.69) is 49.4 Å². The molecular weight excluding hydrogens is 346 g/mol. The third-order valence-corrected chi connectivity index (χ3v) is 4.74. The average Bonchev–Trinajstić information content (AvgIpc) is 3.38. The molecule has 9 nitrogen and oxygen atoms in total. The normalized spacial score (nSPS) is 18.0. The van der Waals surface area contributed by atoms with E-state index < -0.39 is 0 Å². The van der Waals surface area contributed by atoms with E-state index in [1.165, 1.54) is 6.33 Å². The summed E-state index contributed by atoms with van der Waals surface area (Å²) in [6.45, 7) is 2.40. The molecule has 1 atom stereocenters. The van der Waals surface area contributed by atoms with Crippen molar-refractivity contribution in [3.8, 4) is 11.6 Å². The second-order valence-electron chi connectivity index (χ2n) is 6.62. The number of carbonyl (C=O) groups is 1. The van der Waals surface area contributed by atoms with Crippen LogP contribution in [0.15, 0.2) is 41.2 Å². The van der Waals surface area contributed by atoms with Crippen molar-refractivity contribution in [1.82, 2.24) is 35.1 Å². The summed E-state index contributed by atoms with van der Waals surface area (Å²) in [5.41, 5.74) is 1.16. The number of aromatic nitrogens is 5. The van der Waals surface area contributed by atoms with Crippen LogP contribution < -0.4 is 0 Å². The van der Waals surface area contributed by atoms with Crippen LogP contribution in [0.1, 0.15) is 23.9 Å². The number of aromatic amines is 1. The SMILES string of the molecule is CN1CCN(C(=O)CCc2nc(-c3ncn[nH]3)no2)C(c2ccccc2)C1. The molecule has 0 spiro atoms. The maximum absolute atomic E-state index is 12.9. The number of hydrogen-bond donors (Lipinski definition) is 1. The minimum atomic E-state index is 0.0601. The molecule has 9 heteroatoms. The molecule has 0 saturated carbocycles. The number of likely N-dealkylation sites (N-methyl/N-ethyl adjacent to an activating group) is 1. The van der Waals surface area contributed by atoms with Gasteiger partial charge >= 0.3 is 0 Å². The van der Waals surface area contributed by atoms with Crippen LogP contribution >= 0.6 is 0 Å². The van der Waals surface area contributed by atoms with Crippen LogP contribution in [0.2, 0.25) is 0 Å². The fourth-order valence-corrected chi connectivity index (χ4v) is 3.30. The smallest absolute Gasteiger partial charge is 0.239 e. The molecule has 0 radical (unpaired) electrons. The van der Waals surface area contributed by atoms with Crippen LogP contribution in [0, 0.1) is 0 Å². The molecular formula is C18H21N7O2. The van der Waals surface area contributed by atoms with E-state index in [1.54, 1.807) is 0 Å². The van der Waals surface area contributed by atoms with E-state index >= 15 is 0 Å². The molecule has 4 rings (SSSR count). The summed E-state index contributed by atoms with van der Waals surface area (Å²) in [7, 11) is 2.08. The van der Waals surface area contributed by atoms with Gasteiger partial charge < -0.3 is 14.3 Å². The summed E-state index contributed by atoms with van der Waals surface area (Å²) in [5, 5.41) is 10.3. The number of amides is 1. The molecule has 1 amide bonds. The van der Waals surface area contributed by atoms with Crippen molar-refractivity contribution in [2.45, 2.75) is 18.9 Å². The van der Waals surface area contributed by atoms with Gasteiger partial charge in [-0.3, -0.25) is 9.89 Å². The van der Waals surface area contributed by atoms with Gasteiger partial charge in [0.15, 0.2) is 5.82 Å². The lowest BCUT2D eigenvalue weighted by atomic mass is 10.0. The second kappa shape index (κ2) is 7.67. The van der Waals surface area contributed by atoms with Crippen molar-refractivity contribution >= 4 is 5.91 Å². The molecule has 140 valence electrons. The van der Waals surface area contributed by atoms with Crippen molar-refractivity contribution in [3.05, 3.63) is 48.1 Å². The number of rotatable bonds is 5. The van der Waals surface area contributed by atoms with Gasteiger partial charge in [-0.15, -0.1) is 0 Å². The molecule has 1 aliphatic heterocycles. The lowest BCUT2D eigenvalue weighted by Crippen LogP contribution is -2.49. The molecule has 0 aliphatic carbocycles. The first-order valence-corrected chi connectivity index (χ1v) is 8.92. The minimum Gasteiger partial charge on any atom is -0.339 e. The summed E-state index contributed by atoms with van der Waals surface area (Å²) in [6.07, 6.45) is 2.10. The van der Waals surface area contributed by atoms with E-state index in [0.29, 0.717) is 36.9 Å². The minimum absolute atomic E-state index is 0.0601. The van der Waals surface area contributed by atoms with Crippen molar-refractivity contribution in [3.63, 3.8) is 0 Å². The lowest BCUT2D eigenvalue weighted by molar-refractivity contribution is -0.136. The molecule has 1 unspecified atom stereocenters. The quantitative estimate of drug-likeness (QED) is 0.725. The van der Waals surface area contributed by atoms with Gasteiger partial charge in [-0.25, -0.2) is 4.98 Å². The van der Waals surface area contributed by atoms with Crippen LogP contribution in [0.25, 0.3) is 11.6 Å². The van der Waals surface area contributed by atoms with E-state index in [4.69, 9.17) is 4.52 Å². The fourth-order valence-electron chi connectivity index (χ4n) is 3.30. The van der Waals surface area contributed by atoms with E-state index in [-0.39, 0.29) is 11.9 Å². The van der Waals surface area contributed by atoms with E-state index in [0.717, 1.165) is 18.7 Å². The predicted octanol–water partition coefficient (Wildman–Crippen LogP) is 1.30. The van der Waals surface area contributed by atoms with E-state index in [9.17, 15) is 4.79 Å². The average molecular weight is 367 g/mol. The largest absolute Gasteiger partial charge is 0.339 e. The van der Waals surface area contributed by atoms with Gasteiger partial charge in [0, 0.05) is 32.5 Å². The van der Waals surface area contributed by atoms with Gasteiger partial charge in [-0.2, -0.15) is 10.1 Å². The highest BCUT2D eigenvalue weighted by molar-refractivity contribution is 5.77. The fraction of sp³-hybridized carbons (Fsp3) is 0.389. The maximum Gasteiger partial charge on any atom is 0.239 e. The first-order chi connectivity index (χ1) is 13.2. The zero-order valence-corrected chi connectivity index (χ0v) is 15.1. The van der Waals surface area contributed by atoms with Gasteiger partial charge in [0.2, 0.25) is 17.6 Å². The van der Waals surface area contributed by atoms with E-state index in [1.807, 2.05) is 23.1 Å². The molecule has 3 aromatic rings. The summed E-state index contributed by atoms with van der Waals surface area (Å²) < 4.78 is 5.23. The summed E-state index contributed by atoms with van der Waals surface area (Å²) >= 11 is 0. The predicted molar refractivity (Wildman–Crippen MR) is 96.4 cm³/mol. The Morgan fingerprint density at radius 3 is 2.93 bits per heavy atom. The number of H-pyrrole nitrogens is 1. The number of benzene rings is 1. The molecule has 0 bridgehead atoms. The Kier molecular flexibility index (Phi) is 4.93. The molecule has 1 N–H and O–H groups in total. The van der Waals surface area contributed by atoms with Gasteiger partial charge in [-0.1, -0.05) is 35.5 Å². The third kappa shape index (κ3) is 3.87. The summed E-state index contributed by atoms with van der Waals surface area (Å²) in [4.78, 5) is 25.4. The molecule has 2 aromatic heterocycles. The Bertz CT molecular complexity index is 878. The Balaban J connectivity index is 1.42. The molecule has 1 saturated heterocycles. The highest BCUT2D eigenvalue weighted by Gasteiger charge is 2.30. The molecule has 27 heavy (non-hydrogen) atoms. The van der Waals surface area contributed by atoms with Gasteiger partial charge in [0.25, 0.3) is 0 Å². The first-order valence-electron chi connectivity index (χ1n) is 8.92. The van der Waals surface area contributed by atoms with Crippen LogP contribution in [0.3, 0.4) is 0 Å². The van der Waals surface area contributed by atoms with Crippen molar-refractivity contribution < 1.29 is 9.32 Å². The van der Waals surface area contributed by atoms with Crippen LogP contribution in [0.5, 0.6) is 0 Å². The van der Waals surface area contributed by atoms with Crippen molar-refractivity contribution in [1.29, 1.82) is 0 Å². The number of hydrogen-bond acceptors (Lipinski definition) is 7. The Morgan fingerprint density at radius 1 is 1.30 bits per heavy atom. The van der Waals surface area contributed by atoms with Crippen LogP contribution in [0.4, 0.5) is 0 Å². The lowest BCUT2D eigenvalue weighted by Gasteiger charge is -2.40. The monoisotopic (exact) mass is 367 g/mol. The highest BCUT2D eigenvalue weighted by Crippen LogP contribution is 2.25. The number of nitrogens with one attached hydrogen (secondary N) is 1. The molecule has 3 heterocycles. The number of aryl methyl sites for hydroxylation is 1. The first kappa shape index (κ1) is 17.3. The molecule has 1 fully saturated rings. The van der Waals surface area contributed by atoms with Gasteiger partial charge in [0.05, 0.1) is 6.04 Å². The number of carbonyl (C=O) groups excluding carboxylic acids is 1. The zero-order valence-electron chi connectivity index (χ0n) is 15.1. The van der Waals surface area contributed by atoms with Crippen LogP contribution in [-0.2, 0) is 11.2 Å². The summed E-state index contributed by atoms with van der Waals surface area (Å²) in [6, 6.07) is 10.2. The molecule has 1 aliphatic rings. The third-order valence-electron chi connectivity index (χ3n) is 4.74. The van der Waals surface area contributed by atoms with Crippen molar-refractivity contribution in [2.75, 3.05) is 26.7 Å². The number of piperazine rings is 1. The van der Waals surface area contributed by atoms with Crippen LogP contribution in [-0.4, -0.2) is 67.7 Å². The Labute approximate surface area is 156 Å². The standard InChI is InChI=1S/C18H21N7O2/c1-24-9-10-25(14(11-24)13-5-3-2-4-6-13)16(26)8-7-15-21-18(23-27-15)17-19-12-20-22-17/h2-6,12,14H,7-11H2,1H3,(H,19,20,22). The van der Waals surface area contributed by atoms with Gasteiger partial charge in [-0.05, 0) is 12.6 Å². The zero-order chi connectivity index (χ0) is 18.6. The summed E-state index contributed by atoms with van der Waals surface area (Å²) in [5.74, 6) is 1.30.